The number of nitrogens with zero attached hydrogens (tertiary/aromatic N) is 4. The van der Waals surface area contributed by atoms with E-state index in [0.29, 0.717) is 11.6 Å². The van der Waals surface area contributed by atoms with E-state index in [1.807, 2.05) is 200 Å². The molecule has 0 unspecified atom stereocenters. The fourth-order valence-corrected chi connectivity index (χ4v) is 13.0. The zero-order chi connectivity index (χ0) is 76.0. The molecule has 0 aliphatic heterocycles. The first kappa shape index (κ1) is 73.0. The largest absolute Gasteiger partial charge is 0.508 e. The average molecular weight is 1570 g/mol. The van der Waals surface area contributed by atoms with Crippen LogP contribution in [0.25, 0.3) is 146 Å². The fraction of sp³-hybridized carbons (Fsp3) is 0.0217. The first-order chi connectivity index (χ1) is 53.7. The van der Waals surface area contributed by atoms with E-state index in [1.165, 1.54) is 0 Å². The molecule has 16 nitrogen and oxygen atoms in total. The lowest BCUT2D eigenvalue weighted by molar-refractivity contribution is 0.0686. The number of carboxylic acids is 2. The molecule has 17 aromatic rings. The first-order valence-electron chi connectivity index (χ1n) is 34.8. The number of hydrogen-bond donors (Lipinski definition) is 8. The Labute approximate surface area is 650 Å². The highest BCUT2D eigenvalue weighted by atomic mass is 79.9. The second-order valence-electron chi connectivity index (χ2n) is 25.2. The number of nitrogens with one attached hydrogen (secondary N) is 4. The van der Waals surface area contributed by atoms with E-state index in [2.05, 4.69) is 106 Å². The molecular formula is C92H68Br2N8O8. The molecule has 0 bridgehead atoms. The zero-order valence-corrected chi connectivity index (χ0v) is 62.3. The lowest BCUT2D eigenvalue weighted by atomic mass is 9.99. The number of phenolic OH excluding ortho intramolecular Hbond substituents is 2. The summed E-state index contributed by atoms with van der Waals surface area (Å²) in [5.74, 6) is 3.08. The van der Waals surface area contributed by atoms with Gasteiger partial charge in [-0.25, -0.2) is 29.5 Å². The van der Waals surface area contributed by atoms with Crippen molar-refractivity contribution in [3.63, 3.8) is 0 Å². The Kier molecular flexibility index (Phi) is 22.3. The average Bonchev–Trinajstić information content (AvgIpc) is 1.60. The van der Waals surface area contributed by atoms with Crippen molar-refractivity contribution in [1.82, 2.24) is 39.9 Å². The summed E-state index contributed by atoms with van der Waals surface area (Å²) >= 11 is 6.95. The zero-order valence-electron chi connectivity index (χ0n) is 59.1. The van der Waals surface area contributed by atoms with Crippen LogP contribution in [0.3, 0.4) is 0 Å². The van der Waals surface area contributed by atoms with E-state index in [1.54, 1.807) is 87.0 Å². The van der Waals surface area contributed by atoms with E-state index in [-0.39, 0.29) is 22.6 Å². The lowest BCUT2D eigenvalue weighted by Gasteiger charge is -2.07. The molecule has 0 saturated heterocycles. The molecule has 4 heterocycles. The number of aromatic nitrogens is 8. The van der Waals surface area contributed by atoms with Crippen molar-refractivity contribution in [3.8, 4) is 159 Å². The molecule has 0 fully saturated rings. The van der Waals surface area contributed by atoms with Gasteiger partial charge in [-0.2, -0.15) is 0 Å². The van der Waals surface area contributed by atoms with Crippen molar-refractivity contribution in [2.75, 3.05) is 14.2 Å². The van der Waals surface area contributed by atoms with Gasteiger partial charge in [0.1, 0.15) is 46.3 Å². The number of carbonyl (C=O) groups is 2. The molecule has 18 heteroatoms. The van der Waals surface area contributed by atoms with Gasteiger partial charge in [0.15, 0.2) is 0 Å². The van der Waals surface area contributed by atoms with Crippen LogP contribution in [0, 0.1) is 0 Å². The van der Waals surface area contributed by atoms with E-state index < -0.39 is 11.9 Å². The van der Waals surface area contributed by atoms with Crippen molar-refractivity contribution >= 4 is 54.6 Å². The number of benzene rings is 13. The minimum absolute atomic E-state index is 0.223. The molecule has 0 saturated carbocycles. The highest BCUT2D eigenvalue weighted by molar-refractivity contribution is 9.10. The first-order valence-corrected chi connectivity index (χ1v) is 36.4. The van der Waals surface area contributed by atoms with E-state index in [4.69, 9.17) is 39.6 Å². The summed E-state index contributed by atoms with van der Waals surface area (Å²) < 4.78 is 12.6. The SMILES string of the molecule is COc1ccc(-c2nc(-c3ccc(O)cc3)[nH]c2-c2ccc(OC)cc2)cc1.O=C(O)c1ccc(-c2nc(-c3ccccc3)c(-c3ccc(Br)cc3)[nH]2)cc1.O=C(O)c1ccc(-c2nc(-c3ccccc3)c(-c3cccc4ccccc34)[nH]2)cc1.Oc1ccc(-c2nc(-c3ccccc3)c(-c3ccc(Br)cc3)[nH]2)cc1. The van der Waals surface area contributed by atoms with Gasteiger partial charge in [-0.05, 0) is 156 Å². The summed E-state index contributed by atoms with van der Waals surface area (Å²) in [4.78, 5) is 55.4. The molecule has 0 aliphatic rings. The summed E-state index contributed by atoms with van der Waals surface area (Å²) in [5, 5.41) is 39.6. The van der Waals surface area contributed by atoms with Crippen LogP contribution in [0.1, 0.15) is 20.7 Å². The Morgan fingerprint density at radius 2 is 0.564 bits per heavy atom. The Morgan fingerprint density at radius 3 is 0.909 bits per heavy atom. The predicted molar refractivity (Wildman–Crippen MR) is 443 cm³/mol. The third kappa shape index (κ3) is 17.0. The van der Waals surface area contributed by atoms with Gasteiger partial charge in [-0.3, -0.25) is 0 Å². The van der Waals surface area contributed by atoms with Crippen LogP contribution in [-0.2, 0) is 0 Å². The molecule has 0 atom stereocenters. The summed E-state index contributed by atoms with van der Waals surface area (Å²) in [7, 11) is 3.30. The lowest BCUT2D eigenvalue weighted by Crippen LogP contribution is -1.95. The van der Waals surface area contributed by atoms with Crippen LogP contribution in [-0.4, -0.2) is 86.5 Å². The maximum absolute atomic E-state index is 11.2. The van der Waals surface area contributed by atoms with Crippen molar-refractivity contribution in [2.24, 2.45) is 0 Å². The number of methoxy groups -OCH3 is 2. The van der Waals surface area contributed by atoms with Gasteiger partial charge in [0.05, 0.1) is 70.9 Å². The van der Waals surface area contributed by atoms with Crippen molar-refractivity contribution in [2.45, 2.75) is 0 Å². The standard InChI is InChI=1S/C26H18N2O2.C23H20N2O3.C22H15BrN2O2.C21H15BrN2O/c29-26(30)20-15-13-19(14-16-20)25-27-23(18-8-2-1-3-9-18)24(28-25)22-12-6-10-17-7-4-5-11-21(17)22;1-27-19-11-5-15(6-12-19)21-22(16-7-13-20(28-2)14-8-16)25-23(24-21)17-3-9-18(26)10-4-17;23-18-12-10-15(11-13-18)20-19(14-4-2-1-3-5-14)24-21(25-20)16-6-8-17(9-7-16)22(26)27;22-17-10-6-15(7-11-17)20-19(14-4-2-1-3-5-14)23-21(24-20)16-8-12-18(25)13-9-16/h1-16H,(H,27,28)(H,29,30);3-14,26H,1-2H3,(H,24,25);1-13H,(H,24,25)(H,26,27);1-13,25H,(H,23,24). The second kappa shape index (κ2) is 33.7. The van der Waals surface area contributed by atoms with Crippen LogP contribution < -0.4 is 9.47 Å². The molecule has 17 rings (SSSR count). The Morgan fingerprint density at radius 1 is 0.291 bits per heavy atom. The third-order valence-corrected chi connectivity index (χ3v) is 19.2. The Balaban J connectivity index is 0.000000123. The highest BCUT2D eigenvalue weighted by Crippen LogP contribution is 2.40. The van der Waals surface area contributed by atoms with Crippen molar-refractivity contribution in [1.29, 1.82) is 0 Å². The molecule has 0 spiro atoms. The van der Waals surface area contributed by atoms with Gasteiger partial charge in [0.25, 0.3) is 0 Å². The van der Waals surface area contributed by atoms with Crippen LogP contribution in [0.2, 0.25) is 0 Å². The molecule has 0 radical (unpaired) electrons. The molecule has 8 N–H and O–H groups in total. The van der Waals surface area contributed by atoms with Gasteiger partial charge in [-0.1, -0.05) is 214 Å². The highest BCUT2D eigenvalue weighted by Gasteiger charge is 2.22. The van der Waals surface area contributed by atoms with Crippen LogP contribution in [0.4, 0.5) is 0 Å². The Hall–Kier alpha value is -13.9. The summed E-state index contributed by atoms with van der Waals surface area (Å²) in [6.07, 6.45) is 0. The normalized spacial score (nSPS) is 10.8. The quantitative estimate of drug-likeness (QED) is 0.0450. The summed E-state index contributed by atoms with van der Waals surface area (Å²) in [6, 6.07) is 104. The number of imidazole rings is 4. The summed E-state index contributed by atoms with van der Waals surface area (Å²) in [5.41, 5.74) is 19.5. The Bertz CT molecular complexity index is 5910. The number of aromatic amines is 4. The maximum Gasteiger partial charge on any atom is 0.335 e. The number of rotatable bonds is 16. The minimum Gasteiger partial charge on any atom is -0.508 e. The topological polar surface area (TPSA) is 248 Å². The smallest absolute Gasteiger partial charge is 0.335 e. The second-order valence-corrected chi connectivity index (χ2v) is 27.0. The number of halogens is 2. The number of fused-ring (bicyclic) bond motifs is 1. The number of aromatic hydroxyl groups is 2. The molecular weight excluding hydrogens is 1500 g/mol. The van der Waals surface area contributed by atoms with E-state index >= 15 is 0 Å². The number of ether oxygens (including phenoxy) is 2. The third-order valence-electron chi connectivity index (χ3n) is 18.1. The van der Waals surface area contributed by atoms with Crippen molar-refractivity contribution in [3.05, 3.63) is 348 Å². The predicted octanol–water partition coefficient (Wildman–Crippen LogP) is 23.1. The van der Waals surface area contributed by atoms with Crippen molar-refractivity contribution < 1.29 is 39.5 Å². The number of phenols is 2. The molecule has 538 valence electrons. The molecule has 13 aromatic carbocycles. The number of carboxylic acid groups (broad SMARTS) is 2. The summed E-state index contributed by atoms with van der Waals surface area (Å²) in [6.45, 7) is 0. The molecule has 110 heavy (non-hydrogen) atoms. The molecule has 0 amide bonds. The number of hydrogen-bond acceptors (Lipinski definition) is 10. The monoisotopic (exact) mass is 1570 g/mol. The number of aromatic carboxylic acids is 2. The van der Waals surface area contributed by atoms with Gasteiger partial charge in [0, 0.05) is 75.7 Å². The molecule has 4 aromatic heterocycles. The minimum atomic E-state index is -0.943. The van der Waals surface area contributed by atoms with Gasteiger partial charge >= 0.3 is 11.9 Å². The fourth-order valence-electron chi connectivity index (χ4n) is 12.4. The van der Waals surface area contributed by atoms with E-state index in [0.717, 1.165) is 155 Å². The number of H-pyrrole nitrogens is 4. The van der Waals surface area contributed by atoms with Gasteiger partial charge in [-0.15, -0.1) is 0 Å². The maximum atomic E-state index is 11.2. The molecule has 0 aliphatic carbocycles. The van der Waals surface area contributed by atoms with E-state index in [9.17, 15) is 19.8 Å². The van der Waals surface area contributed by atoms with Crippen LogP contribution in [0.15, 0.2) is 337 Å². The van der Waals surface area contributed by atoms with Crippen LogP contribution in [0.5, 0.6) is 23.0 Å². The van der Waals surface area contributed by atoms with Gasteiger partial charge < -0.3 is 49.8 Å². The van der Waals surface area contributed by atoms with Crippen LogP contribution >= 0.6 is 31.9 Å². The van der Waals surface area contributed by atoms with Gasteiger partial charge in [0.2, 0.25) is 0 Å².